The number of rotatable bonds is 5. The summed E-state index contributed by atoms with van der Waals surface area (Å²) in [6.45, 7) is 5.07. The van der Waals surface area contributed by atoms with Gasteiger partial charge in [-0.05, 0) is 26.8 Å². The van der Waals surface area contributed by atoms with Gasteiger partial charge in [0.05, 0.1) is 13.0 Å². The molecule has 1 atom stereocenters. The molecule has 2 amide bonds. The monoisotopic (exact) mass is 326 g/mol. The van der Waals surface area contributed by atoms with Crippen LogP contribution in [0.25, 0.3) is 0 Å². The molecule has 1 aromatic rings. The third-order valence-electron chi connectivity index (χ3n) is 3.01. The van der Waals surface area contributed by atoms with Gasteiger partial charge >= 0.3 is 6.09 Å². The average Bonchev–Trinajstić information content (AvgIpc) is 2.46. The zero-order valence-corrected chi connectivity index (χ0v) is 14.1. The lowest BCUT2D eigenvalue weighted by Gasteiger charge is -2.24. The molecule has 0 aliphatic rings. The number of nitrogens with zero attached hydrogens (tertiary/aromatic N) is 1. The molecule has 6 nitrogen and oxygen atoms in total. The lowest BCUT2D eigenvalue weighted by atomic mass is 9.97. The van der Waals surface area contributed by atoms with Crippen LogP contribution in [0.5, 0.6) is 0 Å². The van der Waals surface area contributed by atoms with Crippen molar-refractivity contribution in [2.75, 3.05) is 20.7 Å². The Bertz CT molecular complexity index is 557. The summed E-state index contributed by atoms with van der Waals surface area (Å²) in [5.74, 6) is -1.93. The minimum atomic E-state index is -0.923. The van der Waals surface area contributed by atoms with Crippen LogP contribution in [0.4, 0.5) is 9.18 Å². The summed E-state index contributed by atoms with van der Waals surface area (Å²) < 4.78 is 19.1. The summed E-state index contributed by atoms with van der Waals surface area (Å²) >= 11 is 0. The number of alkyl carbamates (subject to hydrolysis) is 1. The number of hydroxylamine groups is 2. The Morgan fingerprint density at radius 3 is 2.43 bits per heavy atom. The first-order valence-electron chi connectivity index (χ1n) is 7.18. The molecule has 7 heteroatoms. The van der Waals surface area contributed by atoms with Crippen molar-refractivity contribution in [2.45, 2.75) is 32.3 Å². The molecule has 0 aliphatic carbocycles. The van der Waals surface area contributed by atoms with Gasteiger partial charge in [0.1, 0.15) is 11.4 Å². The first-order valence-corrected chi connectivity index (χ1v) is 7.18. The van der Waals surface area contributed by atoms with Gasteiger partial charge in [0.15, 0.2) is 0 Å². The van der Waals surface area contributed by atoms with E-state index < -0.39 is 29.3 Å². The Hall–Kier alpha value is -2.15. The van der Waals surface area contributed by atoms with Crippen LogP contribution in [0.1, 0.15) is 32.3 Å². The molecule has 0 saturated heterocycles. The first kappa shape index (κ1) is 18.9. The maximum atomic E-state index is 14.0. The van der Waals surface area contributed by atoms with E-state index in [0.717, 1.165) is 5.06 Å². The van der Waals surface area contributed by atoms with Crippen molar-refractivity contribution in [3.63, 3.8) is 0 Å². The van der Waals surface area contributed by atoms with Crippen molar-refractivity contribution < 1.29 is 23.6 Å². The van der Waals surface area contributed by atoms with Crippen LogP contribution in [0.2, 0.25) is 0 Å². The molecule has 1 rings (SSSR count). The fourth-order valence-corrected chi connectivity index (χ4v) is 1.90. The van der Waals surface area contributed by atoms with Crippen molar-refractivity contribution in [1.29, 1.82) is 0 Å². The highest BCUT2D eigenvalue weighted by Gasteiger charge is 2.28. The van der Waals surface area contributed by atoms with Crippen LogP contribution in [-0.4, -0.2) is 43.4 Å². The minimum Gasteiger partial charge on any atom is -0.444 e. The summed E-state index contributed by atoms with van der Waals surface area (Å²) in [5.41, 5.74) is -0.484. The number of benzene rings is 1. The van der Waals surface area contributed by atoms with E-state index in [9.17, 15) is 14.0 Å². The summed E-state index contributed by atoms with van der Waals surface area (Å²) in [4.78, 5) is 29.0. The Balaban J connectivity index is 2.91. The molecule has 0 bridgehead atoms. The van der Waals surface area contributed by atoms with Crippen molar-refractivity contribution in [3.8, 4) is 0 Å². The highest BCUT2D eigenvalue weighted by molar-refractivity contribution is 5.83. The molecule has 1 N–H and O–H groups in total. The van der Waals surface area contributed by atoms with Crippen LogP contribution in [-0.2, 0) is 14.4 Å². The number of likely N-dealkylation sites (N-methyl/N-ethyl adjacent to an activating group) is 1. The number of carbonyl (C=O) groups excluding carboxylic acids is 2. The third-order valence-corrected chi connectivity index (χ3v) is 3.01. The number of amides is 2. The number of halogens is 1. The van der Waals surface area contributed by atoms with Crippen molar-refractivity contribution in [2.24, 2.45) is 0 Å². The van der Waals surface area contributed by atoms with Gasteiger partial charge in [-0.15, -0.1) is 0 Å². The molecule has 0 heterocycles. The first-order chi connectivity index (χ1) is 10.7. The second-order valence-corrected chi connectivity index (χ2v) is 5.98. The van der Waals surface area contributed by atoms with Crippen LogP contribution >= 0.6 is 0 Å². The van der Waals surface area contributed by atoms with E-state index >= 15 is 0 Å². The topological polar surface area (TPSA) is 67.9 Å². The van der Waals surface area contributed by atoms with Crippen LogP contribution in [0.3, 0.4) is 0 Å². The highest BCUT2D eigenvalue weighted by Crippen LogP contribution is 2.21. The van der Waals surface area contributed by atoms with E-state index in [1.807, 2.05) is 0 Å². The molecule has 23 heavy (non-hydrogen) atoms. The lowest BCUT2D eigenvalue weighted by molar-refractivity contribution is -0.170. The fourth-order valence-electron chi connectivity index (χ4n) is 1.90. The Labute approximate surface area is 135 Å². The van der Waals surface area contributed by atoms with E-state index in [1.54, 1.807) is 26.8 Å². The lowest BCUT2D eigenvalue weighted by Crippen LogP contribution is -2.40. The molecule has 0 aliphatic heterocycles. The quantitative estimate of drug-likeness (QED) is 0.844. The van der Waals surface area contributed by atoms with Crippen LogP contribution in [0, 0.1) is 5.82 Å². The molecule has 1 aromatic carbocycles. The largest absolute Gasteiger partial charge is 0.444 e. The number of carbonyl (C=O) groups is 2. The molecule has 0 aromatic heterocycles. The Kier molecular flexibility index (Phi) is 6.50. The van der Waals surface area contributed by atoms with Gasteiger partial charge in [-0.2, -0.15) is 0 Å². The van der Waals surface area contributed by atoms with Gasteiger partial charge in [0, 0.05) is 19.2 Å². The smallest absolute Gasteiger partial charge is 0.407 e. The van der Waals surface area contributed by atoms with Gasteiger partial charge in [-0.1, -0.05) is 18.2 Å². The second-order valence-electron chi connectivity index (χ2n) is 5.98. The van der Waals surface area contributed by atoms with Gasteiger partial charge in [0.2, 0.25) is 0 Å². The molecule has 0 fully saturated rings. The number of ether oxygens (including phenoxy) is 1. The second kappa shape index (κ2) is 7.92. The maximum absolute atomic E-state index is 14.0. The minimum absolute atomic E-state index is 0.109. The van der Waals surface area contributed by atoms with E-state index in [-0.39, 0.29) is 12.1 Å². The predicted octanol–water partition coefficient (Wildman–Crippen LogP) is 2.45. The summed E-state index contributed by atoms with van der Waals surface area (Å²) in [7, 11) is 2.75. The van der Waals surface area contributed by atoms with Crippen molar-refractivity contribution >= 4 is 12.0 Å². The molecule has 0 unspecified atom stereocenters. The van der Waals surface area contributed by atoms with Gasteiger partial charge in [-0.3, -0.25) is 9.63 Å². The van der Waals surface area contributed by atoms with E-state index in [4.69, 9.17) is 9.57 Å². The van der Waals surface area contributed by atoms with Gasteiger partial charge < -0.3 is 10.1 Å². The SMILES string of the molecule is CON(C)C(=O)[C@H](CNC(=O)OC(C)(C)C)c1ccccc1F. The molecular weight excluding hydrogens is 303 g/mol. The van der Waals surface area contributed by atoms with Crippen LogP contribution < -0.4 is 5.32 Å². The Morgan fingerprint density at radius 1 is 1.30 bits per heavy atom. The maximum Gasteiger partial charge on any atom is 0.407 e. The molecule has 0 saturated carbocycles. The number of nitrogens with one attached hydrogen (secondary N) is 1. The average molecular weight is 326 g/mol. The van der Waals surface area contributed by atoms with Gasteiger partial charge in [-0.25, -0.2) is 14.2 Å². The normalized spacial score (nSPS) is 12.4. The number of hydrogen-bond donors (Lipinski definition) is 1. The van der Waals surface area contributed by atoms with Crippen molar-refractivity contribution in [3.05, 3.63) is 35.6 Å². The van der Waals surface area contributed by atoms with E-state index in [0.29, 0.717) is 0 Å². The number of hydrogen-bond acceptors (Lipinski definition) is 4. The van der Waals surface area contributed by atoms with Gasteiger partial charge in [0.25, 0.3) is 5.91 Å². The predicted molar refractivity (Wildman–Crippen MR) is 83.2 cm³/mol. The summed E-state index contributed by atoms with van der Waals surface area (Å²) in [6.07, 6.45) is -0.674. The molecular formula is C16H23FN2O4. The van der Waals surface area contributed by atoms with Crippen LogP contribution in [0.15, 0.2) is 24.3 Å². The highest BCUT2D eigenvalue weighted by atomic mass is 19.1. The third kappa shape index (κ3) is 5.86. The van der Waals surface area contributed by atoms with E-state index in [1.165, 1.54) is 32.4 Å². The Morgan fingerprint density at radius 2 is 1.91 bits per heavy atom. The van der Waals surface area contributed by atoms with E-state index in [2.05, 4.69) is 5.32 Å². The van der Waals surface area contributed by atoms with Crippen molar-refractivity contribution in [1.82, 2.24) is 10.4 Å². The fraction of sp³-hybridized carbons (Fsp3) is 0.500. The molecule has 0 spiro atoms. The summed E-state index contributed by atoms with van der Waals surface area (Å²) in [6, 6.07) is 5.91. The zero-order chi connectivity index (χ0) is 17.6. The standard InChI is InChI=1S/C16H23FN2O4/c1-16(2,3)23-15(21)18-10-12(14(20)19(4)22-5)11-8-6-7-9-13(11)17/h6-9,12H,10H2,1-5H3,(H,18,21)/t12-/m1/s1. The zero-order valence-electron chi connectivity index (χ0n) is 14.1. The summed E-state index contributed by atoms with van der Waals surface area (Å²) in [5, 5.41) is 3.49. The molecule has 0 radical (unpaired) electrons. The molecule has 128 valence electrons.